The number of anilines is 2. The first-order valence-corrected chi connectivity index (χ1v) is 13.6. The third kappa shape index (κ3) is 6.54. The molecule has 4 N–H and O–H groups in total. The van der Waals surface area contributed by atoms with Crippen LogP contribution in [0.5, 0.6) is 5.75 Å². The van der Waals surface area contributed by atoms with Crippen LogP contribution < -0.4 is 20.1 Å². The van der Waals surface area contributed by atoms with Gasteiger partial charge in [0, 0.05) is 30.3 Å². The van der Waals surface area contributed by atoms with Gasteiger partial charge in [-0.15, -0.1) is 0 Å². The number of nitrogens with two attached hydrogens (primary N) is 1. The number of hydrogen-bond acceptors (Lipinski definition) is 8. The van der Waals surface area contributed by atoms with Gasteiger partial charge in [0.25, 0.3) is 10.0 Å². The Hall–Kier alpha value is -3.28. The fraction of sp³-hybridized carbons (Fsp3) is 0.385. The summed E-state index contributed by atoms with van der Waals surface area (Å²) in [6.07, 6.45) is -0.675. The van der Waals surface area contributed by atoms with Gasteiger partial charge in [-0.1, -0.05) is 26.8 Å². The van der Waals surface area contributed by atoms with E-state index in [0.29, 0.717) is 48.4 Å². The molecule has 0 saturated carbocycles. The van der Waals surface area contributed by atoms with E-state index in [1.165, 1.54) is 30.3 Å². The van der Waals surface area contributed by atoms with Crippen molar-refractivity contribution >= 4 is 21.7 Å². The van der Waals surface area contributed by atoms with Gasteiger partial charge in [-0.05, 0) is 54.7 Å². The third-order valence-electron chi connectivity index (χ3n) is 5.96. The lowest BCUT2D eigenvalue weighted by Crippen LogP contribution is -2.31. The molecule has 1 aromatic carbocycles. The fourth-order valence-corrected chi connectivity index (χ4v) is 5.15. The first kappa shape index (κ1) is 26.8. The van der Waals surface area contributed by atoms with E-state index >= 15 is 0 Å². The van der Waals surface area contributed by atoms with Gasteiger partial charge < -0.3 is 20.5 Å². The maximum Gasteiger partial charge on any atom is 0.260 e. The van der Waals surface area contributed by atoms with Crippen molar-refractivity contribution in [1.82, 2.24) is 14.7 Å². The highest BCUT2D eigenvalue weighted by atomic mass is 32.2. The van der Waals surface area contributed by atoms with Gasteiger partial charge in [0.15, 0.2) is 5.03 Å². The molecule has 2 aromatic heterocycles. The molecule has 0 spiro atoms. The standard InChI is InChI=1S/C26H32FN5O4S/c1-16(2)15-36-20-12-18(11-19(27)13-20)22-8-7-21(25(29-22)32-10-9-17(3)14-32)26(33)31-37(34,35)24-6-4-5-23(28)30-24/h4-8,11-13,16-17,26,31,33H,9-10,14-15H2,1-3H3,(H2,28,30)/t17-,26?/m0/s1. The van der Waals surface area contributed by atoms with Gasteiger partial charge in [-0.3, -0.25) is 0 Å². The molecule has 198 valence electrons. The molecule has 3 heterocycles. The van der Waals surface area contributed by atoms with Crippen LogP contribution in [-0.2, 0) is 10.0 Å². The van der Waals surface area contributed by atoms with Crippen LogP contribution >= 0.6 is 0 Å². The second kappa shape index (κ2) is 11.0. The van der Waals surface area contributed by atoms with Crippen molar-refractivity contribution in [3.05, 3.63) is 59.9 Å². The zero-order valence-corrected chi connectivity index (χ0v) is 21.9. The van der Waals surface area contributed by atoms with Gasteiger partial charge in [-0.25, -0.2) is 22.8 Å². The molecule has 0 aliphatic carbocycles. The van der Waals surface area contributed by atoms with Gasteiger partial charge in [0.1, 0.15) is 29.4 Å². The van der Waals surface area contributed by atoms with Crippen LogP contribution in [0.1, 0.15) is 39.0 Å². The average Bonchev–Trinajstić information content (AvgIpc) is 3.28. The lowest BCUT2D eigenvalue weighted by atomic mass is 10.1. The highest BCUT2D eigenvalue weighted by molar-refractivity contribution is 7.89. The van der Waals surface area contributed by atoms with Crippen LogP contribution in [0.15, 0.2) is 53.6 Å². The van der Waals surface area contributed by atoms with Crippen molar-refractivity contribution in [2.45, 2.75) is 38.4 Å². The highest BCUT2D eigenvalue weighted by Gasteiger charge is 2.28. The Morgan fingerprint density at radius 2 is 2.00 bits per heavy atom. The van der Waals surface area contributed by atoms with E-state index in [0.717, 1.165) is 6.42 Å². The Kier molecular flexibility index (Phi) is 7.96. The number of aromatic nitrogens is 2. The molecule has 0 radical (unpaired) electrons. The fourth-order valence-electron chi connectivity index (χ4n) is 4.12. The largest absolute Gasteiger partial charge is 0.493 e. The minimum Gasteiger partial charge on any atom is -0.493 e. The van der Waals surface area contributed by atoms with E-state index in [2.05, 4.69) is 16.6 Å². The van der Waals surface area contributed by atoms with Gasteiger partial charge in [0.2, 0.25) is 0 Å². The molecule has 1 unspecified atom stereocenters. The summed E-state index contributed by atoms with van der Waals surface area (Å²) in [6, 6.07) is 11.9. The molecule has 4 rings (SSSR count). The Morgan fingerprint density at radius 3 is 2.68 bits per heavy atom. The van der Waals surface area contributed by atoms with E-state index in [9.17, 15) is 17.9 Å². The maximum absolute atomic E-state index is 14.4. The summed E-state index contributed by atoms with van der Waals surface area (Å²) in [4.78, 5) is 10.6. The van der Waals surface area contributed by atoms with Gasteiger partial charge in [0.05, 0.1) is 12.3 Å². The third-order valence-corrected chi connectivity index (χ3v) is 7.27. The monoisotopic (exact) mass is 529 g/mol. The molecular weight excluding hydrogens is 497 g/mol. The molecule has 2 atom stereocenters. The van der Waals surface area contributed by atoms with Crippen molar-refractivity contribution in [3.8, 4) is 17.0 Å². The number of nitrogens with one attached hydrogen (secondary N) is 1. The summed E-state index contributed by atoms with van der Waals surface area (Å²) in [5, 5.41) is 10.7. The van der Waals surface area contributed by atoms with Crippen molar-refractivity contribution in [2.24, 2.45) is 11.8 Å². The van der Waals surface area contributed by atoms with Gasteiger partial charge >= 0.3 is 0 Å². The summed E-state index contributed by atoms with van der Waals surface area (Å²) in [6.45, 7) is 7.94. The molecule has 9 nitrogen and oxygen atoms in total. The number of halogens is 1. The first-order chi connectivity index (χ1) is 17.5. The lowest BCUT2D eigenvalue weighted by Gasteiger charge is -2.24. The van der Waals surface area contributed by atoms with Crippen molar-refractivity contribution in [1.29, 1.82) is 0 Å². The van der Waals surface area contributed by atoms with E-state index in [1.54, 1.807) is 18.2 Å². The average molecular weight is 530 g/mol. The van der Waals surface area contributed by atoms with Crippen molar-refractivity contribution < 1.29 is 22.7 Å². The SMILES string of the molecule is CC(C)COc1cc(F)cc(-c2ccc(C(O)NS(=O)(=O)c3cccc(N)n3)c(N3CC[C@H](C)C3)n2)c1. The van der Waals surface area contributed by atoms with Gasteiger partial charge in [-0.2, -0.15) is 4.72 Å². The Balaban J connectivity index is 1.69. The number of sulfonamides is 1. The van der Waals surface area contributed by atoms with E-state index in [1.807, 2.05) is 18.7 Å². The number of pyridine rings is 2. The number of aliphatic hydroxyl groups is 1. The number of ether oxygens (including phenoxy) is 1. The maximum atomic E-state index is 14.4. The molecule has 1 aliphatic heterocycles. The normalized spacial score (nSPS) is 16.8. The summed E-state index contributed by atoms with van der Waals surface area (Å²) in [5.41, 5.74) is 6.89. The number of nitrogens with zero attached hydrogens (tertiary/aromatic N) is 3. The second-order valence-corrected chi connectivity index (χ2v) is 11.4. The molecule has 1 saturated heterocycles. The molecule has 1 aliphatic rings. The smallest absolute Gasteiger partial charge is 0.260 e. The molecule has 11 heteroatoms. The number of nitrogen functional groups attached to an aromatic ring is 1. The summed E-state index contributed by atoms with van der Waals surface area (Å²) < 4.78 is 48.1. The topological polar surface area (TPSA) is 131 Å². The zero-order chi connectivity index (χ0) is 26.7. The molecule has 37 heavy (non-hydrogen) atoms. The summed E-state index contributed by atoms with van der Waals surface area (Å²) >= 11 is 0. The number of benzene rings is 1. The zero-order valence-electron chi connectivity index (χ0n) is 21.1. The van der Waals surface area contributed by atoms with Crippen LogP contribution in [0.25, 0.3) is 11.3 Å². The molecular formula is C26H32FN5O4S. The molecule has 1 fully saturated rings. The van der Waals surface area contributed by atoms with Crippen LogP contribution in [0.3, 0.4) is 0 Å². The van der Waals surface area contributed by atoms with Crippen molar-refractivity contribution in [2.75, 3.05) is 30.3 Å². The Morgan fingerprint density at radius 1 is 1.22 bits per heavy atom. The van der Waals surface area contributed by atoms with E-state index < -0.39 is 22.1 Å². The lowest BCUT2D eigenvalue weighted by molar-refractivity contribution is 0.166. The molecule has 3 aromatic rings. The van der Waals surface area contributed by atoms with Crippen molar-refractivity contribution in [3.63, 3.8) is 0 Å². The first-order valence-electron chi connectivity index (χ1n) is 12.1. The van der Waals surface area contributed by atoms with Crippen LogP contribution in [0, 0.1) is 17.7 Å². The summed E-state index contributed by atoms with van der Waals surface area (Å²) in [7, 11) is -4.17. The molecule has 0 bridgehead atoms. The quantitative estimate of drug-likeness (QED) is 0.358. The Bertz CT molecular complexity index is 1370. The minimum absolute atomic E-state index is 0.0435. The summed E-state index contributed by atoms with van der Waals surface area (Å²) in [5.74, 6) is 1.08. The minimum atomic E-state index is -4.17. The predicted octanol–water partition coefficient (Wildman–Crippen LogP) is 3.72. The predicted molar refractivity (Wildman–Crippen MR) is 140 cm³/mol. The van der Waals surface area contributed by atoms with E-state index in [-0.39, 0.29) is 22.3 Å². The van der Waals surface area contributed by atoms with Crippen LogP contribution in [0.2, 0.25) is 0 Å². The number of hydrogen-bond donors (Lipinski definition) is 3. The van der Waals surface area contributed by atoms with Crippen LogP contribution in [-0.4, -0.2) is 43.2 Å². The van der Waals surface area contributed by atoms with Crippen LogP contribution in [0.4, 0.5) is 16.0 Å². The number of aliphatic hydroxyl groups excluding tert-OH is 1. The van der Waals surface area contributed by atoms with E-state index in [4.69, 9.17) is 15.5 Å². The second-order valence-electron chi connectivity index (χ2n) is 9.75. The number of rotatable bonds is 9. The highest BCUT2D eigenvalue weighted by Crippen LogP contribution is 2.33. The Labute approximate surface area is 216 Å². The molecule has 0 amide bonds.